The van der Waals surface area contributed by atoms with Gasteiger partial charge in [0.15, 0.2) is 0 Å². The fourth-order valence-corrected chi connectivity index (χ4v) is 3.92. The predicted octanol–water partition coefficient (Wildman–Crippen LogP) is 2.68. The van der Waals surface area contributed by atoms with E-state index in [2.05, 4.69) is 36.3 Å². The SMILES string of the molecule is Brc1cccc(-c2noc(CN3CCC4NCCC4C3)n2)c1. The normalized spacial score (nSPS) is 25.3. The summed E-state index contributed by atoms with van der Waals surface area (Å²) in [5, 5.41) is 7.70. The van der Waals surface area contributed by atoms with E-state index in [-0.39, 0.29) is 0 Å². The van der Waals surface area contributed by atoms with Crippen LogP contribution in [0.5, 0.6) is 0 Å². The Morgan fingerprint density at radius 3 is 3.23 bits per heavy atom. The molecule has 1 N–H and O–H groups in total. The molecule has 1 aromatic carbocycles. The molecular formula is C16H19BrN4O. The molecule has 0 aliphatic carbocycles. The molecular weight excluding hydrogens is 344 g/mol. The zero-order valence-corrected chi connectivity index (χ0v) is 13.9. The maximum Gasteiger partial charge on any atom is 0.241 e. The number of benzene rings is 1. The first kappa shape index (κ1) is 14.4. The van der Waals surface area contributed by atoms with Crippen LogP contribution < -0.4 is 5.32 Å². The summed E-state index contributed by atoms with van der Waals surface area (Å²) in [5.41, 5.74) is 0.975. The monoisotopic (exact) mass is 362 g/mol. The Kier molecular flexibility index (Phi) is 3.98. The van der Waals surface area contributed by atoms with Crippen molar-refractivity contribution < 1.29 is 4.52 Å². The molecule has 22 heavy (non-hydrogen) atoms. The van der Waals surface area contributed by atoms with Gasteiger partial charge in [0, 0.05) is 29.2 Å². The lowest BCUT2D eigenvalue weighted by Gasteiger charge is -2.33. The summed E-state index contributed by atoms with van der Waals surface area (Å²) in [6, 6.07) is 8.69. The molecule has 2 aromatic rings. The topological polar surface area (TPSA) is 54.2 Å². The first-order valence-corrected chi connectivity index (χ1v) is 8.61. The number of hydrogen-bond acceptors (Lipinski definition) is 5. The highest BCUT2D eigenvalue weighted by molar-refractivity contribution is 9.10. The summed E-state index contributed by atoms with van der Waals surface area (Å²) >= 11 is 3.47. The zero-order valence-electron chi connectivity index (χ0n) is 12.3. The van der Waals surface area contributed by atoms with Gasteiger partial charge in [-0.3, -0.25) is 4.90 Å². The number of rotatable bonds is 3. The lowest BCUT2D eigenvalue weighted by Crippen LogP contribution is -2.43. The van der Waals surface area contributed by atoms with Crippen LogP contribution >= 0.6 is 15.9 Å². The Hall–Kier alpha value is -1.24. The van der Waals surface area contributed by atoms with Gasteiger partial charge in [0.2, 0.25) is 11.7 Å². The molecule has 3 heterocycles. The molecule has 4 rings (SSSR count). The van der Waals surface area contributed by atoms with Crippen molar-refractivity contribution in [1.82, 2.24) is 20.4 Å². The van der Waals surface area contributed by atoms with Crippen LogP contribution in [0.25, 0.3) is 11.4 Å². The molecule has 2 saturated heterocycles. The summed E-state index contributed by atoms with van der Waals surface area (Å²) in [6.07, 6.45) is 2.51. The van der Waals surface area contributed by atoms with Crippen molar-refractivity contribution in [3.05, 3.63) is 34.6 Å². The maximum absolute atomic E-state index is 5.44. The largest absolute Gasteiger partial charge is 0.338 e. The predicted molar refractivity (Wildman–Crippen MR) is 87.2 cm³/mol. The van der Waals surface area contributed by atoms with Gasteiger partial charge >= 0.3 is 0 Å². The molecule has 1 aromatic heterocycles. The van der Waals surface area contributed by atoms with E-state index in [0.717, 1.165) is 48.2 Å². The van der Waals surface area contributed by atoms with Crippen LogP contribution in [0.2, 0.25) is 0 Å². The van der Waals surface area contributed by atoms with E-state index in [1.807, 2.05) is 24.3 Å². The molecule has 116 valence electrons. The lowest BCUT2D eigenvalue weighted by atomic mass is 9.93. The van der Waals surface area contributed by atoms with Crippen LogP contribution in [0.1, 0.15) is 18.7 Å². The third kappa shape index (κ3) is 2.95. The van der Waals surface area contributed by atoms with Crippen molar-refractivity contribution >= 4 is 15.9 Å². The Balaban J connectivity index is 1.44. The van der Waals surface area contributed by atoms with Gasteiger partial charge < -0.3 is 9.84 Å². The van der Waals surface area contributed by atoms with E-state index in [1.165, 1.54) is 12.8 Å². The van der Waals surface area contributed by atoms with Gasteiger partial charge in [-0.2, -0.15) is 4.98 Å². The zero-order chi connectivity index (χ0) is 14.9. The van der Waals surface area contributed by atoms with Crippen LogP contribution in [-0.4, -0.2) is 40.7 Å². The average molecular weight is 363 g/mol. The number of hydrogen-bond donors (Lipinski definition) is 1. The van der Waals surface area contributed by atoms with Gasteiger partial charge in [-0.25, -0.2) is 0 Å². The summed E-state index contributed by atoms with van der Waals surface area (Å²) in [6.45, 7) is 4.15. The quantitative estimate of drug-likeness (QED) is 0.909. The van der Waals surface area contributed by atoms with E-state index >= 15 is 0 Å². The van der Waals surface area contributed by atoms with E-state index < -0.39 is 0 Å². The van der Waals surface area contributed by atoms with Crippen LogP contribution in [0.4, 0.5) is 0 Å². The Labute approximate surface area is 138 Å². The number of halogens is 1. The molecule has 2 atom stereocenters. The van der Waals surface area contributed by atoms with Crippen LogP contribution in [-0.2, 0) is 6.54 Å². The second-order valence-corrected chi connectivity index (χ2v) is 7.07. The van der Waals surface area contributed by atoms with Gasteiger partial charge in [0.25, 0.3) is 0 Å². The second kappa shape index (κ2) is 6.10. The van der Waals surface area contributed by atoms with Crippen molar-refractivity contribution in [2.75, 3.05) is 19.6 Å². The molecule has 6 heteroatoms. The standard InChI is InChI=1S/C16H19BrN4O/c17-13-3-1-2-11(8-13)16-19-15(22-20-16)10-21-7-5-14-12(9-21)4-6-18-14/h1-3,8,12,14,18H,4-7,9-10H2. The first-order chi connectivity index (χ1) is 10.8. The Morgan fingerprint density at radius 2 is 2.32 bits per heavy atom. The number of fused-ring (bicyclic) bond motifs is 1. The van der Waals surface area contributed by atoms with Crippen molar-refractivity contribution in [2.24, 2.45) is 5.92 Å². The van der Waals surface area contributed by atoms with E-state index in [9.17, 15) is 0 Å². The number of nitrogens with one attached hydrogen (secondary N) is 1. The third-order valence-corrected chi connectivity index (χ3v) is 5.14. The minimum atomic E-state index is 0.661. The van der Waals surface area contributed by atoms with Crippen LogP contribution in [0.3, 0.4) is 0 Å². The molecule has 2 fully saturated rings. The molecule has 0 saturated carbocycles. The average Bonchev–Trinajstić information content (AvgIpc) is 3.16. The lowest BCUT2D eigenvalue weighted by molar-refractivity contribution is 0.140. The van der Waals surface area contributed by atoms with E-state index in [1.54, 1.807) is 0 Å². The summed E-state index contributed by atoms with van der Waals surface area (Å²) in [5.74, 6) is 2.15. The molecule has 2 unspecified atom stereocenters. The molecule has 2 aliphatic heterocycles. The summed E-state index contributed by atoms with van der Waals surface area (Å²) in [4.78, 5) is 6.98. The van der Waals surface area contributed by atoms with Gasteiger partial charge in [0.05, 0.1) is 6.54 Å². The minimum Gasteiger partial charge on any atom is -0.338 e. The molecule has 0 spiro atoms. The van der Waals surface area contributed by atoms with Crippen molar-refractivity contribution in [2.45, 2.75) is 25.4 Å². The fourth-order valence-electron chi connectivity index (χ4n) is 3.52. The fraction of sp³-hybridized carbons (Fsp3) is 0.500. The van der Waals surface area contributed by atoms with Crippen molar-refractivity contribution in [3.63, 3.8) is 0 Å². The number of aromatic nitrogens is 2. The summed E-state index contributed by atoms with van der Waals surface area (Å²) < 4.78 is 6.46. The number of likely N-dealkylation sites (tertiary alicyclic amines) is 1. The highest BCUT2D eigenvalue weighted by Gasteiger charge is 2.32. The Bertz CT molecular complexity index is 659. The number of piperidine rings is 1. The van der Waals surface area contributed by atoms with Crippen molar-refractivity contribution in [1.29, 1.82) is 0 Å². The number of nitrogens with zero attached hydrogens (tertiary/aromatic N) is 3. The highest BCUT2D eigenvalue weighted by atomic mass is 79.9. The molecule has 0 amide bonds. The van der Waals surface area contributed by atoms with Gasteiger partial charge in [-0.1, -0.05) is 33.2 Å². The van der Waals surface area contributed by atoms with Crippen LogP contribution in [0, 0.1) is 5.92 Å². The van der Waals surface area contributed by atoms with Gasteiger partial charge in [0.1, 0.15) is 0 Å². The van der Waals surface area contributed by atoms with Gasteiger partial charge in [-0.05, 0) is 37.4 Å². The Morgan fingerprint density at radius 1 is 1.36 bits per heavy atom. The minimum absolute atomic E-state index is 0.661. The van der Waals surface area contributed by atoms with Gasteiger partial charge in [-0.15, -0.1) is 0 Å². The molecule has 5 nitrogen and oxygen atoms in total. The first-order valence-electron chi connectivity index (χ1n) is 7.82. The third-order valence-electron chi connectivity index (χ3n) is 4.65. The highest BCUT2D eigenvalue weighted by Crippen LogP contribution is 2.26. The smallest absolute Gasteiger partial charge is 0.241 e. The molecule has 0 radical (unpaired) electrons. The maximum atomic E-state index is 5.44. The van der Waals surface area contributed by atoms with Crippen LogP contribution in [0.15, 0.2) is 33.3 Å². The molecule has 0 bridgehead atoms. The van der Waals surface area contributed by atoms with E-state index in [4.69, 9.17) is 4.52 Å². The molecule has 2 aliphatic rings. The van der Waals surface area contributed by atoms with Crippen molar-refractivity contribution in [3.8, 4) is 11.4 Å². The summed E-state index contributed by atoms with van der Waals surface area (Å²) in [7, 11) is 0. The van der Waals surface area contributed by atoms with E-state index in [0.29, 0.717) is 11.7 Å². The second-order valence-electron chi connectivity index (χ2n) is 6.16.